The number of rotatable bonds is 2. The average molecular weight is 221 g/mol. The van der Waals surface area contributed by atoms with Gasteiger partial charge in [-0.25, -0.2) is 0 Å². The first kappa shape index (κ1) is 9.85. The van der Waals surface area contributed by atoms with E-state index in [1.165, 1.54) is 0 Å². The second-order valence-electron chi connectivity index (χ2n) is 3.80. The minimum absolute atomic E-state index is 0.992. The SMILES string of the molecule is c1ccc(-c2ccc(-c3ccoc3)cc2)nc1. The van der Waals surface area contributed by atoms with Crippen LogP contribution in [0.5, 0.6) is 0 Å². The molecule has 0 N–H and O–H groups in total. The third-order valence-corrected chi connectivity index (χ3v) is 2.70. The van der Waals surface area contributed by atoms with Crippen LogP contribution in [0.25, 0.3) is 22.4 Å². The Morgan fingerprint density at radius 3 is 2.24 bits per heavy atom. The highest BCUT2D eigenvalue weighted by atomic mass is 16.3. The van der Waals surface area contributed by atoms with E-state index in [9.17, 15) is 0 Å². The van der Waals surface area contributed by atoms with Crippen molar-refractivity contribution in [2.24, 2.45) is 0 Å². The zero-order valence-corrected chi connectivity index (χ0v) is 9.21. The highest BCUT2D eigenvalue weighted by molar-refractivity contribution is 5.67. The van der Waals surface area contributed by atoms with E-state index in [1.54, 1.807) is 18.7 Å². The first-order valence-corrected chi connectivity index (χ1v) is 5.47. The molecule has 2 heterocycles. The van der Waals surface area contributed by atoms with E-state index >= 15 is 0 Å². The summed E-state index contributed by atoms with van der Waals surface area (Å²) >= 11 is 0. The molecule has 0 unspecified atom stereocenters. The third kappa shape index (κ3) is 1.97. The Kier molecular flexibility index (Phi) is 2.47. The lowest BCUT2D eigenvalue weighted by atomic mass is 10.1. The summed E-state index contributed by atoms with van der Waals surface area (Å²) in [5, 5.41) is 0. The van der Waals surface area contributed by atoms with E-state index in [4.69, 9.17) is 4.42 Å². The molecule has 0 spiro atoms. The van der Waals surface area contributed by atoms with Gasteiger partial charge in [-0.1, -0.05) is 30.3 Å². The van der Waals surface area contributed by atoms with Crippen LogP contribution >= 0.6 is 0 Å². The molecule has 0 amide bonds. The Morgan fingerprint density at radius 2 is 1.59 bits per heavy atom. The van der Waals surface area contributed by atoms with Crippen molar-refractivity contribution in [3.8, 4) is 22.4 Å². The lowest BCUT2D eigenvalue weighted by Crippen LogP contribution is -1.81. The molecular weight excluding hydrogens is 210 g/mol. The van der Waals surface area contributed by atoms with Crippen LogP contribution in [0.15, 0.2) is 71.7 Å². The second-order valence-corrected chi connectivity index (χ2v) is 3.80. The molecule has 0 radical (unpaired) electrons. The van der Waals surface area contributed by atoms with Crippen molar-refractivity contribution in [3.63, 3.8) is 0 Å². The first-order valence-electron chi connectivity index (χ1n) is 5.47. The number of furan rings is 1. The van der Waals surface area contributed by atoms with Gasteiger partial charge in [0.1, 0.15) is 0 Å². The second kappa shape index (κ2) is 4.26. The van der Waals surface area contributed by atoms with Crippen LogP contribution in [0.3, 0.4) is 0 Å². The minimum Gasteiger partial charge on any atom is -0.472 e. The summed E-state index contributed by atoms with van der Waals surface area (Å²) < 4.78 is 5.07. The van der Waals surface area contributed by atoms with Gasteiger partial charge < -0.3 is 4.42 Å². The Labute approximate surface area is 99.6 Å². The van der Waals surface area contributed by atoms with Gasteiger partial charge in [-0.15, -0.1) is 0 Å². The van der Waals surface area contributed by atoms with E-state index in [1.807, 2.05) is 24.3 Å². The highest BCUT2D eigenvalue weighted by Crippen LogP contribution is 2.23. The van der Waals surface area contributed by atoms with Gasteiger partial charge in [-0.3, -0.25) is 4.98 Å². The zero-order chi connectivity index (χ0) is 11.5. The molecule has 2 aromatic heterocycles. The van der Waals surface area contributed by atoms with Gasteiger partial charge in [0, 0.05) is 17.3 Å². The molecule has 0 aliphatic rings. The molecule has 0 aliphatic carbocycles. The maximum absolute atomic E-state index is 5.07. The zero-order valence-electron chi connectivity index (χ0n) is 9.21. The number of hydrogen-bond donors (Lipinski definition) is 0. The molecule has 3 rings (SSSR count). The van der Waals surface area contributed by atoms with E-state index in [2.05, 4.69) is 29.2 Å². The molecule has 0 bridgehead atoms. The maximum Gasteiger partial charge on any atom is 0.0980 e. The molecule has 1 aromatic carbocycles. The van der Waals surface area contributed by atoms with Crippen molar-refractivity contribution in [2.45, 2.75) is 0 Å². The number of nitrogens with zero attached hydrogens (tertiary/aromatic N) is 1. The minimum atomic E-state index is 0.992. The summed E-state index contributed by atoms with van der Waals surface area (Å²) in [6.45, 7) is 0. The fourth-order valence-corrected chi connectivity index (χ4v) is 1.80. The summed E-state index contributed by atoms with van der Waals surface area (Å²) in [7, 11) is 0. The van der Waals surface area contributed by atoms with Crippen LogP contribution in [0.2, 0.25) is 0 Å². The van der Waals surface area contributed by atoms with E-state index in [-0.39, 0.29) is 0 Å². The molecule has 82 valence electrons. The predicted molar refractivity (Wildman–Crippen MR) is 67.4 cm³/mol. The standard InChI is InChI=1S/C15H11NO/c1-2-9-16-15(3-1)13-6-4-12(5-7-13)14-8-10-17-11-14/h1-11H. The van der Waals surface area contributed by atoms with Crippen molar-refractivity contribution in [1.29, 1.82) is 0 Å². The molecule has 17 heavy (non-hydrogen) atoms. The van der Waals surface area contributed by atoms with Gasteiger partial charge in [0.15, 0.2) is 0 Å². The molecule has 0 saturated carbocycles. The highest BCUT2D eigenvalue weighted by Gasteiger charge is 2.01. The van der Waals surface area contributed by atoms with Crippen LogP contribution in [-0.2, 0) is 0 Å². The van der Waals surface area contributed by atoms with Crippen molar-refractivity contribution < 1.29 is 4.42 Å². The Balaban J connectivity index is 1.96. The molecule has 0 aliphatic heterocycles. The van der Waals surface area contributed by atoms with Crippen LogP contribution in [0.1, 0.15) is 0 Å². The molecule has 2 heteroatoms. The molecule has 3 aromatic rings. The van der Waals surface area contributed by atoms with Crippen LogP contribution in [-0.4, -0.2) is 4.98 Å². The summed E-state index contributed by atoms with van der Waals surface area (Å²) in [6, 6.07) is 16.2. The number of pyridine rings is 1. The van der Waals surface area contributed by atoms with E-state index in [0.717, 1.165) is 22.4 Å². The van der Waals surface area contributed by atoms with Crippen molar-refractivity contribution in [3.05, 3.63) is 67.3 Å². The van der Waals surface area contributed by atoms with E-state index < -0.39 is 0 Å². The van der Waals surface area contributed by atoms with Crippen molar-refractivity contribution in [1.82, 2.24) is 4.98 Å². The van der Waals surface area contributed by atoms with Gasteiger partial charge in [-0.05, 0) is 23.8 Å². The largest absolute Gasteiger partial charge is 0.472 e. The van der Waals surface area contributed by atoms with Gasteiger partial charge in [0.2, 0.25) is 0 Å². The first-order chi connectivity index (χ1) is 8.43. The summed E-state index contributed by atoms with van der Waals surface area (Å²) in [6.07, 6.45) is 5.23. The van der Waals surface area contributed by atoms with Crippen molar-refractivity contribution in [2.75, 3.05) is 0 Å². The molecular formula is C15H11NO. The van der Waals surface area contributed by atoms with E-state index in [0.29, 0.717) is 0 Å². The fraction of sp³-hybridized carbons (Fsp3) is 0. The summed E-state index contributed by atoms with van der Waals surface area (Å²) in [5.74, 6) is 0. The fourth-order valence-electron chi connectivity index (χ4n) is 1.80. The topological polar surface area (TPSA) is 26.0 Å². The quantitative estimate of drug-likeness (QED) is 0.653. The van der Waals surface area contributed by atoms with Crippen LogP contribution < -0.4 is 0 Å². The van der Waals surface area contributed by atoms with Gasteiger partial charge in [-0.2, -0.15) is 0 Å². The Hall–Kier alpha value is -2.35. The third-order valence-electron chi connectivity index (χ3n) is 2.70. The van der Waals surface area contributed by atoms with Gasteiger partial charge >= 0.3 is 0 Å². The molecule has 0 saturated heterocycles. The van der Waals surface area contributed by atoms with Crippen molar-refractivity contribution >= 4 is 0 Å². The summed E-state index contributed by atoms with van der Waals surface area (Å²) in [5.41, 5.74) is 4.36. The molecule has 2 nitrogen and oxygen atoms in total. The summed E-state index contributed by atoms with van der Waals surface area (Å²) in [4.78, 5) is 4.32. The van der Waals surface area contributed by atoms with Crippen LogP contribution in [0, 0.1) is 0 Å². The number of hydrogen-bond acceptors (Lipinski definition) is 2. The smallest absolute Gasteiger partial charge is 0.0980 e. The molecule has 0 fully saturated rings. The average Bonchev–Trinajstić information content (AvgIpc) is 2.94. The lowest BCUT2D eigenvalue weighted by Gasteiger charge is -2.01. The van der Waals surface area contributed by atoms with Crippen LogP contribution in [0.4, 0.5) is 0 Å². The number of benzene rings is 1. The maximum atomic E-state index is 5.07. The predicted octanol–water partition coefficient (Wildman–Crippen LogP) is 4.01. The Bertz CT molecular complexity index is 583. The van der Waals surface area contributed by atoms with Gasteiger partial charge in [0.05, 0.1) is 18.2 Å². The Morgan fingerprint density at radius 1 is 0.765 bits per heavy atom. The normalized spacial score (nSPS) is 10.4. The van der Waals surface area contributed by atoms with Gasteiger partial charge in [0.25, 0.3) is 0 Å². The number of aromatic nitrogens is 1. The lowest BCUT2D eigenvalue weighted by molar-refractivity contribution is 0.568. The molecule has 0 atom stereocenters. The monoisotopic (exact) mass is 221 g/mol.